The van der Waals surface area contributed by atoms with Gasteiger partial charge in [0.1, 0.15) is 5.82 Å². The van der Waals surface area contributed by atoms with Crippen molar-refractivity contribution in [2.24, 2.45) is 0 Å². The molecule has 316 valence electrons. The number of fused-ring (bicyclic) bond motifs is 3. The number of rotatable bonds is 21. The summed E-state index contributed by atoms with van der Waals surface area (Å²) in [6.07, 6.45) is 2.45. The average molecular weight is 937 g/mol. The number of amides is 2. The maximum absolute atomic E-state index is 12.7. The van der Waals surface area contributed by atoms with Crippen LogP contribution in [0.15, 0.2) is 81.9 Å². The molecule has 2 atom stereocenters. The summed E-state index contributed by atoms with van der Waals surface area (Å²) in [5.74, 6) is 0.493. The number of carbonyl (C=O) groups excluding carboxylic acids is 2. The van der Waals surface area contributed by atoms with Crippen molar-refractivity contribution in [3.05, 3.63) is 98.6 Å². The number of ether oxygens (including phenoxy) is 2. The van der Waals surface area contributed by atoms with E-state index in [1.807, 2.05) is 56.3 Å². The van der Waals surface area contributed by atoms with Crippen molar-refractivity contribution in [2.75, 3.05) is 89.8 Å². The van der Waals surface area contributed by atoms with E-state index in [1.165, 1.54) is 0 Å². The second kappa shape index (κ2) is 22.0. The number of β-amino-alcohol motifs (C(OH)–C–C–N with tert-alkyl or cyclic N) is 1. The van der Waals surface area contributed by atoms with Gasteiger partial charge in [0.25, 0.3) is 5.91 Å². The Kier molecular flexibility index (Phi) is 16.5. The zero-order valence-electron chi connectivity index (χ0n) is 33.9. The molecule has 1 unspecified atom stereocenters. The van der Waals surface area contributed by atoms with E-state index in [1.54, 1.807) is 6.20 Å². The number of benzene rings is 3. The zero-order valence-corrected chi connectivity index (χ0v) is 37.1. The number of nitrogen functional groups attached to an aromatic ring is 1. The number of anilines is 2. The van der Waals surface area contributed by atoms with Gasteiger partial charge in [0.2, 0.25) is 5.91 Å². The van der Waals surface area contributed by atoms with Crippen LogP contribution in [0.2, 0.25) is 0 Å². The minimum Gasteiger partial charge on any atom is -0.398 e. The molecule has 3 heterocycles. The van der Waals surface area contributed by atoms with Crippen molar-refractivity contribution in [3.63, 3.8) is 0 Å². The smallest absolute Gasteiger partial charge is 0.252 e. The molecule has 1 aliphatic heterocycles. The number of aliphatic hydroxyl groups is 1. The summed E-state index contributed by atoms with van der Waals surface area (Å²) < 4.78 is 15.9. The highest BCUT2D eigenvalue weighted by atomic mass is 79.9. The first-order valence-electron chi connectivity index (χ1n) is 20.4. The predicted octanol–water partition coefficient (Wildman–Crippen LogP) is 5.98. The van der Waals surface area contributed by atoms with Crippen LogP contribution in [0.4, 0.5) is 11.5 Å². The number of pyridine rings is 1. The third-order valence-electron chi connectivity index (χ3n) is 10.5. The third kappa shape index (κ3) is 12.5. The fourth-order valence-electron chi connectivity index (χ4n) is 7.45. The van der Waals surface area contributed by atoms with Crippen molar-refractivity contribution >= 4 is 77.0 Å². The normalized spacial score (nSPS) is 14.7. The van der Waals surface area contributed by atoms with E-state index < -0.39 is 6.10 Å². The van der Waals surface area contributed by atoms with Crippen LogP contribution in [0, 0.1) is 0 Å². The predicted molar refractivity (Wildman–Crippen MR) is 242 cm³/mol. The number of hydrogen-bond acceptors (Lipinski definition) is 10. The van der Waals surface area contributed by atoms with Crippen molar-refractivity contribution in [1.29, 1.82) is 0 Å². The van der Waals surface area contributed by atoms with Gasteiger partial charge in [-0.05, 0) is 79.4 Å². The maximum atomic E-state index is 12.7. The van der Waals surface area contributed by atoms with Crippen LogP contribution in [0.25, 0.3) is 21.8 Å². The van der Waals surface area contributed by atoms with E-state index in [9.17, 15) is 14.7 Å². The van der Waals surface area contributed by atoms with E-state index in [2.05, 4.69) is 91.4 Å². The lowest BCUT2D eigenvalue weighted by atomic mass is 10.1. The first-order chi connectivity index (χ1) is 28.6. The van der Waals surface area contributed by atoms with Crippen LogP contribution in [-0.2, 0) is 27.2 Å². The Hall–Kier alpha value is -4.09. The van der Waals surface area contributed by atoms with Crippen LogP contribution < -0.4 is 21.7 Å². The van der Waals surface area contributed by atoms with Gasteiger partial charge in [-0.15, -0.1) is 0 Å². The number of para-hydroxylation sites is 1. The minimum absolute atomic E-state index is 0.0316. The summed E-state index contributed by atoms with van der Waals surface area (Å²) in [7, 11) is 0. The molecule has 0 aliphatic carbocycles. The van der Waals surface area contributed by atoms with Gasteiger partial charge in [-0.2, -0.15) is 0 Å². The molecule has 1 saturated heterocycles. The summed E-state index contributed by atoms with van der Waals surface area (Å²) in [5, 5.41) is 22.8. The fraction of sp³-hybridized carbons (Fsp3) is 0.432. The van der Waals surface area contributed by atoms with Gasteiger partial charge in [-0.25, -0.2) is 4.98 Å². The Morgan fingerprint density at radius 1 is 0.847 bits per heavy atom. The highest BCUT2D eigenvalue weighted by Crippen LogP contribution is 2.33. The molecule has 0 bridgehead atoms. The number of aromatic nitrogens is 2. The van der Waals surface area contributed by atoms with Crippen LogP contribution >= 0.6 is 31.9 Å². The summed E-state index contributed by atoms with van der Waals surface area (Å²) in [6.45, 7) is 11.1. The number of piperazine rings is 1. The van der Waals surface area contributed by atoms with Crippen molar-refractivity contribution < 1.29 is 24.2 Å². The van der Waals surface area contributed by atoms with Crippen LogP contribution in [0.5, 0.6) is 0 Å². The Labute approximate surface area is 363 Å². The van der Waals surface area contributed by atoms with Gasteiger partial charge in [-0.3, -0.25) is 19.4 Å². The maximum Gasteiger partial charge on any atom is 0.252 e. The number of aliphatic hydroxyl groups excluding tert-OH is 1. The van der Waals surface area contributed by atoms with Crippen LogP contribution in [-0.4, -0.2) is 121 Å². The summed E-state index contributed by atoms with van der Waals surface area (Å²) >= 11 is 7.21. The van der Waals surface area contributed by atoms with E-state index in [0.29, 0.717) is 82.6 Å². The SMILES string of the molecule is CCCNC(=O)c1cnc(N[C@H](C)c2ccccc2N)c(CCOCCOCCNC(=O)CN2CCN(CC(O)Cn3c4ccc(Br)cc4c4cc(Br)ccc43)CC2)c1. The number of carbonyl (C=O) groups is 2. The highest BCUT2D eigenvalue weighted by molar-refractivity contribution is 9.10. The molecule has 0 saturated carbocycles. The largest absolute Gasteiger partial charge is 0.398 e. The van der Waals surface area contributed by atoms with Crippen molar-refractivity contribution in [3.8, 4) is 0 Å². The number of halogens is 2. The van der Waals surface area contributed by atoms with E-state index in [0.717, 1.165) is 74.5 Å². The molecule has 15 heteroatoms. The number of hydrogen-bond donors (Lipinski definition) is 5. The standard InChI is InChI=1S/C44H56Br2N8O5/c1-3-13-49-44(57)32-23-31(43(50-26-32)51-30(2)36-6-4-5-7-39(36)47)12-19-58-21-22-59-20-14-48-42(56)29-53-17-15-52(16-18-53)27-35(55)28-54-40-10-8-33(45)24-37(40)38-25-34(46)9-11-41(38)54/h4-11,23-26,30,35,55H,3,12-22,27-29,47H2,1-2H3,(H,48,56)(H,49,57)(H,50,51)/t30-,35?/m1/s1. The first kappa shape index (κ1) is 44.5. The molecule has 6 rings (SSSR count). The van der Waals surface area contributed by atoms with Gasteiger partial charge in [0.15, 0.2) is 0 Å². The lowest BCUT2D eigenvalue weighted by molar-refractivity contribution is -0.123. The quantitative estimate of drug-likeness (QED) is 0.0438. The minimum atomic E-state index is -0.537. The molecule has 0 spiro atoms. The van der Waals surface area contributed by atoms with Crippen LogP contribution in [0.1, 0.15) is 47.8 Å². The first-order valence-corrected chi connectivity index (χ1v) is 22.0. The molecular formula is C44H56Br2N8O5. The number of nitrogens with two attached hydrogens (primary N) is 1. The zero-order chi connectivity index (χ0) is 41.7. The highest BCUT2D eigenvalue weighted by Gasteiger charge is 2.22. The topological polar surface area (TPSA) is 159 Å². The average Bonchev–Trinajstić information content (AvgIpc) is 3.51. The Balaban J connectivity index is 0.858. The monoisotopic (exact) mass is 934 g/mol. The molecule has 59 heavy (non-hydrogen) atoms. The summed E-state index contributed by atoms with van der Waals surface area (Å²) in [4.78, 5) is 34.4. The molecule has 13 nitrogen and oxygen atoms in total. The van der Waals surface area contributed by atoms with Crippen LogP contribution in [0.3, 0.4) is 0 Å². The van der Waals surface area contributed by atoms with E-state index in [4.69, 9.17) is 15.2 Å². The molecule has 1 fully saturated rings. The van der Waals surface area contributed by atoms with Gasteiger partial charge in [0, 0.05) is 88.4 Å². The number of nitrogens with one attached hydrogen (secondary N) is 3. The molecule has 0 radical (unpaired) electrons. The van der Waals surface area contributed by atoms with Gasteiger partial charge in [0.05, 0.1) is 57.2 Å². The Morgan fingerprint density at radius 2 is 1.51 bits per heavy atom. The van der Waals surface area contributed by atoms with Gasteiger partial charge >= 0.3 is 0 Å². The third-order valence-corrected chi connectivity index (χ3v) is 11.5. The van der Waals surface area contributed by atoms with Crippen molar-refractivity contribution in [2.45, 2.75) is 45.4 Å². The lowest BCUT2D eigenvalue weighted by Crippen LogP contribution is -2.51. The summed E-state index contributed by atoms with van der Waals surface area (Å²) in [6, 6.07) is 22.0. The fourth-order valence-corrected chi connectivity index (χ4v) is 8.17. The van der Waals surface area contributed by atoms with E-state index >= 15 is 0 Å². The molecular weight excluding hydrogens is 880 g/mol. The number of nitrogens with zero attached hydrogens (tertiary/aromatic N) is 4. The van der Waals surface area contributed by atoms with E-state index in [-0.39, 0.29) is 17.9 Å². The molecule has 6 N–H and O–H groups in total. The Morgan fingerprint density at radius 3 is 2.19 bits per heavy atom. The molecule has 5 aromatic rings. The molecule has 3 aromatic carbocycles. The van der Waals surface area contributed by atoms with Gasteiger partial charge in [-0.1, -0.05) is 57.0 Å². The molecule has 2 aromatic heterocycles. The lowest BCUT2D eigenvalue weighted by Gasteiger charge is -2.35. The summed E-state index contributed by atoms with van der Waals surface area (Å²) in [5.41, 5.74) is 11.5. The van der Waals surface area contributed by atoms with Gasteiger partial charge < -0.3 is 40.8 Å². The van der Waals surface area contributed by atoms with Crippen molar-refractivity contribution in [1.82, 2.24) is 30.0 Å². The molecule has 2 amide bonds. The second-order valence-electron chi connectivity index (χ2n) is 15.0. The molecule has 1 aliphatic rings. The Bertz CT molecular complexity index is 2120. The second-order valence-corrected chi connectivity index (χ2v) is 16.8.